The zero-order valence-electron chi connectivity index (χ0n) is 23.8. The van der Waals surface area contributed by atoms with E-state index in [1.54, 1.807) is 45.6 Å². The van der Waals surface area contributed by atoms with Gasteiger partial charge in [0.1, 0.15) is 4.53 Å². The molecule has 0 fully saturated rings. The summed E-state index contributed by atoms with van der Waals surface area (Å²) in [5.41, 5.74) is 3.99. The number of carbonyl (C=O) groups excluding carboxylic acids is 2. The molecule has 6 rings (SSSR count). The Morgan fingerprint density at radius 3 is 2.21 bits per heavy atom. The molecule has 1 aromatic heterocycles. The molecule has 2 aliphatic rings. The minimum atomic E-state index is -0.729. The van der Waals surface area contributed by atoms with Gasteiger partial charge in [-0.05, 0) is 62.2 Å². The van der Waals surface area contributed by atoms with Gasteiger partial charge in [-0.25, -0.2) is 4.99 Å². The molecule has 1 atom stereocenters. The smallest absolute Gasteiger partial charge is 0.271 e. The predicted molar refractivity (Wildman–Crippen MR) is 171 cm³/mol. The van der Waals surface area contributed by atoms with Crippen molar-refractivity contribution in [3.05, 3.63) is 130 Å². The Morgan fingerprint density at radius 1 is 0.930 bits per heavy atom. The third-order valence-electron chi connectivity index (χ3n) is 7.87. The highest BCUT2D eigenvalue weighted by Gasteiger charge is 2.37. The van der Waals surface area contributed by atoms with Crippen molar-refractivity contribution in [3.63, 3.8) is 0 Å². The lowest BCUT2D eigenvalue weighted by atomic mass is 9.94. The molecule has 7 nitrogen and oxygen atoms in total. The maximum Gasteiger partial charge on any atom is 0.271 e. The second-order valence-electron chi connectivity index (χ2n) is 10.3. The highest BCUT2D eigenvalue weighted by molar-refractivity contribution is 7.07. The van der Waals surface area contributed by atoms with E-state index >= 15 is 0 Å². The molecule has 0 radical (unpaired) electrons. The summed E-state index contributed by atoms with van der Waals surface area (Å²) in [4.78, 5) is 51.0. The molecular weight excluding hydrogens is 603 g/mol. The second-order valence-corrected chi connectivity index (χ2v) is 12.2. The van der Waals surface area contributed by atoms with Gasteiger partial charge in [0.15, 0.2) is 4.80 Å². The van der Waals surface area contributed by atoms with Crippen molar-refractivity contribution in [2.45, 2.75) is 33.4 Å². The lowest BCUT2D eigenvalue weighted by Gasteiger charge is -2.29. The van der Waals surface area contributed by atoms with Gasteiger partial charge in [-0.2, -0.15) is 0 Å². The van der Waals surface area contributed by atoms with Crippen LogP contribution in [0.5, 0.6) is 0 Å². The molecule has 0 bridgehead atoms. The molecule has 43 heavy (non-hydrogen) atoms. The Morgan fingerprint density at radius 2 is 1.56 bits per heavy atom. The molecule has 0 spiro atoms. The van der Waals surface area contributed by atoms with E-state index in [1.807, 2.05) is 62.4 Å². The summed E-state index contributed by atoms with van der Waals surface area (Å²) in [5.74, 6) is -0.444. The number of carbonyl (C=O) groups is 2. The number of fused-ring (bicyclic) bond motifs is 2. The summed E-state index contributed by atoms with van der Waals surface area (Å²) in [6.07, 6.45) is 0. The van der Waals surface area contributed by atoms with Crippen LogP contribution in [0.4, 0.5) is 5.69 Å². The number of para-hydroxylation sites is 1. The second kappa shape index (κ2) is 11.6. The van der Waals surface area contributed by atoms with Gasteiger partial charge in [0.05, 0.1) is 35.1 Å². The molecule has 3 heterocycles. The first-order chi connectivity index (χ1) is 20.7. The maximum atomic E-state index is 14.4. The first kappa shape index (κ1) is 29.1. The van der Waals surface area contributed by atoms with Gasteiger partial charge in [0.2, 0.25) is 0 Å². The number of halogens is 2. The number of thiazole rings is 1. The average molecular weight is 632 g/mol. The van der Waals surface area contributed by atoms with Crippen LogP contribution in [-0.4, -0.2) is 34.4 Å². The molecule has 0 saturated carbocycles. The van der Waals surface area contributed by atoms with Crippen LogP contribution in [0.25, 0.3) is 5.57 Å². The van der Waals surface area contributed by atoms with Crippen LogP contribution in [0.3, 0.4) is 0 Å². The molecule has 2 aliphatic heterocycles. The number of amides is 2. The number of anilines is 1. The predicted octanol–water partition coefficient (Wildman–Crippen LogP) is 5.33. The highest BCUT2D eigenvalue weighted by atomic mass is 35.5. The number of rotatable bonds is 6. The zero-order valence-corrected chi connectivity index (χ0v) is 26.1. The van der Waals surface area contributed by atoms with E-state index in [0.29, 0.717) is 56.9 Å². The molecular formula is C33H28Cl2N4O3S. The molecule has 4 aromatic rings. The largest absolute Gasteiger partial charge is 0.339 e. The monoisotopic (exact) mass is 630 g/mol. The first-order valence-corrected chi connectivity index (χ1v) is 15.6. The first-order valence-electron chi connectivity index (χ1n) is 14.0. The fraction of sp³-hybridized carbons (Fsp3) is 0.212. The standard InChI is InChI=1S/C33H28Cl2N4O3S/c1-4-37(5-2)30(40)26-19(3)36-33-39(28(26)21-12-16-23(35)17-13-21)32(42)29(43-33)27-24-8-6-7-9-25(24)38(31(27)41)18-20-10-14-22(34)15-11-20/h6-17,28H,4-5,18H2,1-3H3/b29-27-/t28-/m0/s1. The summed E-state index contributed by atoms with van der Waals surface area (Å²) in [7, 11) is 0. The van der Waals surface area contributed by atoms with E-state index < -0.39 is 6.04 Å². The number of benzene rings is 3. The Hall–Kier alpha value is -3.98. The number of nitrogens with zero attached hydrogens (tertiary/aromatic N) is 4. The van der Waals surface area contributed by atoms with E-state index in [1.165, 1.54) is 11.3 Å². The van der Waals surface area contributed by atoms with Crippen LogP contribution in [-0.2, 0) is 16.1 Å². The number of allylic oxidation sites excluding steroid dienone is 1. The molecule has 0 unspecified atom stereocenters. The van der Waals surface area contributed by atoms with Gasteiger partial charge >= 0.3 is 0 Å². The molecule has 10 heteroatoms. The van der Waals surface area contributed by atoms with E-state index in [-0.39, 0.29) is 21.9 Å². The lowest BCUT2D eigenvalue weighted by molar-refractivity contribution is -0.127. The van der Waals surface area contributed by atoms with Gasteiger partial charge in [0.25, 0.3) is 17.4 Å². The summed E-state index contributed by atoms with van der Waals surface area (Å²) in [6.45, 7) is 6.99. The van der Waals surface area contributed by atoms with Gasteiger partial charge in [-0.15, -0.1) is 0 Å². The number of likely N-dealkylation sites (N-methyl/N-ethyl adjacent to an activating group) is 1. The molecule has 0 aliphatic carbocycles. The molecule has 0 N–H and O–H groups in total. The normalized spacial score (nSPS) is 17.1. The molecule has 3 aromatic carbocycles. The quantitative estimate of drug-likeness (QED) is 0.289. The number of aromatic nitrogens is 1. The maximum absolute atomic E-state index is 14.4. The van der Waals surface area contributed by atoms with Crippen LogP contribution in [0.15, 0.2) is 93.9 Å². The third-order valence-corrected chi connectivity index (χ3v) is 9.43. The summed E-state index contributed by atoms with van der Waals surface area (Å²) >= 11 is 13.5. The van der Waals surface area contributed by atoms with Gasteiger partial charge in [-0.1, -0.05) is 77.0 Å². The van der Waals surface area contributed by atoms with Crippen LogP contribution in [0, 0.1) is 0 Å². The van der Waals surface area contributed by atoms with Crippen molar-refractivity contribution >= 4 is 57.6 Å². The van der Waals surface area contributed by atoms with Gasteiger partial charge < -0.3 is 9.80 Å². The van der Waals surface area contributed by atoms with Crippen molar-refractivity contribution in [2.24, 2.45) is 4.99 Å². The van der Waals surface area contributed by atoms with Crippen molar-refractivity contribution < 1.29 is 9.59 Å². The Balaban J connectivity index is 1.57. The molecule has 2 amide bonds. The fourth-order valence-electron chi connectivity index (χ4n) is 5.72. The van der Waals surface area contributed by atoms with Crippen LogP contribution in [0.1, 0.15) is 43.5 Å². The topological polar surface area (TPSA) is 75.0 Å². The summed E-state index contributed by atoms with van der Waals surface area (Å²) in [5, 5.41) is 1.16. The van der Waals surface area contributed by atoms with Crippen molar-refractivity contribution in [1.29, 1.82) is 0 Å². The SMILES string of the molecule is CCN(CC)C(=O)C1=C(C)N=c2s/c(=C3\C(=O)N(Cc4ccc(Cl)cc4)c4ccccc43)c(=O)n2[C@H]1c1ccc(Cl)cc1. The molecule has 218 valence electrons. The lowest BCUT2D eigenvalue weighted by Crippen LogP contribution is -2.43. The minimum absolute atomic E-state index is 0.180. The number of hydrogen-bond donors (Lipinski definition) is 0. The van der Waals surface area contributed by atoms with Crippen molar-refractivity contribution in [3.8, 4) is 0 Å². The van der Waals surface area contributed by atoms with Crippen LogP contribution < -0.4 is 19.8 Å². The van der Waals surface area contributed by atoms with Crippen LogP contribution >= 0.6 is 34.5 Å². The minimum Gasteiger partial charge on any atom is -0.339 e. The Bertz CT molecular complexity index is 1970. The van der Waals surface area contributed by atoms with E-state index in [4.69, 9.17) is 28.2 Å². The van der Waals surface area contributed by atoms with E-state index in [2.05, 4.69) is 0 Å². The number of hydrogen-bond acceptors (Lipinski definition) is 5. The van der Waals surface area contributed by atoms with Gasteiger partial charge in [-0.3, -0.25) is 19.0 Å². The highest BCUT2D eigenvalue weighted by Crippen LogP contribution is 2.37. The zero-order chi connectivity index (χ0) is 30.4. The van der Waals surface area contributed by atoms with E-state index in [0.717, 1.165) is 16.8 Å². The third kappa shape index (κ3) is 5.03. The fourth-order valence-corrected chi connectivity index (χ4v) is 7.10. The Kier molecular flexibility index (Phi) is 7.85. The van der Waals surface area contributed by atoms with Gasteiger partial charge in [0, 0.05) is 28.7 Å². The van der Waals surface area contributed by atoms with Crippen molar-refractivity contribution in [1.82, 2.24) is 9.47 Å². The average Bonchev–Trinajstić information content (AvgIpc) is 3.46. The molecule has 0 saturated heterocycles. The van der Waals surface area contributed by atoms with Crippen LogP contribution in [0.2, 0.25) is 10.0 Å². The Labute approximate surface area is 262 Å². The summed E-state index contributed by atoms with van der Waals surface area (Å²) in [6, 6.07) is 21.2. The van der Waals surface area contributed by atoms with Crippen molar-refractivity contribution in [2.75, 3.05) is 18.0 Å². The summed E-state index contributed by atoms with van der Waals surface area (Å²) < 4.78 is 1.84. The van der Waals surface area contributed by atoms with E-state index in [9.17, 15) is 14.4 Å².